The lowest BCUT2D eigenvalue weighted by Crippen LogP contribution is -2.47. The van der Waals surface area contributed by atoms with Gasteiger partial charge in [0, 0.05) is 62.8 Å². The van der Waals surface area contributed by atoms with Gasteiger partial charge in [-0.15, -0.1) is 0 Å². The van der Waals surface area contributed by atoms with Crippen LogP contribution in [0.3, 0.4) is 0 Å². The average molecular weight is 626 g/mol. The van der Waals surface area contributed by atoms with E-state index in [0.717, 1.165) is 55.3 Å². The number of hydrogen-bond acceptors (Lipinski definition) is 7. The molecule has 0 unspecified atom stereocenters. The first kappa shape index (κ1) is 32.1. The van der Waals surface area contributed by atoms with Crippen molar-refractivity contribution in [3.63, 3.8) is 0 Å². The molecule has 12 heteroatoms. The number of halogens is 3. The summed E-state index contributed by atoms with van der Waals surface area (Å²) in [6.07, 6.45) is -3.80. The van der Waals surface area contributed by atoms with E-state index in [1.165, 1.54) is 12.1 Å². The zero-order chi connectivity index (χ0) is 31.8. The van der Waals surface area contributed by atoms with E-state index in [1.54, 1.807) is 25.3 Å². The number of piperazine rings is 1. The lowest BCUT2D eigenvalue weighted by atomic mass is 10.1. The first-order valence-electron chi connectivity index (χ1n) is 15.1. The molecule has 2 N–H and O–H groups in total. The van der Waals surface area contributed by atoms with Crippen molar-refractivity contribution in [1.82, 2.24) is 10.2 Å². The summed E-state index contributed by atoms with van der Waals surface area (Å²) in [5.74, 6) is -0.186. The summed E-state index contributed by atoms with van der Waals surface area (Å²) in [7, 11) is 1.65. The highest BCUT2D eigenvalue weighted by Crippen LogP contribution is 2.32. The van der Waals surface area contributed by atoms with E-state index in [-0.39, 0.29) is 11.5 Å². The molecule has 0 saturated carbocycles. The highest BCUT2D eigenvalue weighted by atomic mass is 19.4. The number of alkyl halides is 3. The molecule has 0 bridgehead atoms. The number of para-hydroxylation sites is 2. The standard InChI is InChI=1S/C33H38F3N5O4/c1-44-30-9-3-2-8-29(30)41-16-14-40(15-17-41)28-11-10-26(38-31(42)24-6-4-7-25(22-24)33(34,35)36)23-27(28)32(43)37-12-5-13-39-18-20-45-21-19-39/h2-4,6-11,22-23H,5,12-21H2,1H3,(H,37,43)(H,38,42). The van der Waals surface area contributed by atoms with E-state index in [0.29, 0.717) is 57.2 Å². The maximum atomic E-state index is 13.6. The highest BCUT2D eigenvalue weighted by molar-refractivity contribution is 6.06. The van der Waals surface area contributed by atoms with Crippen LogP contribution in [0.4, 0.5) is 30.2 Å². The Morgan fingerprint density at radius 1 is 0.844 bits per heavy atom. The van der Waals surface area contributed by atoms with Crippen LogP contribution in [-0.2, 0) is 10.9 Å². The van der Waals surface area contributed by atoms with Gasteiger partial charge in [0.25, 0.3) is 11.8 Å². The number of nitrogens with one attached hydrogen (secondary N) is 2. The van der Waals surface area contributed by atoms with E-state index < -0.39 is 17.6 Å². The third-order valence-electron chi connectivity index (χ3n) is 8.04. The molecule has 9 nitrogen and oxygen atoms in total. The second-order valence-electron chi connectivity index (χ2n) is 11.0. The quantitative estimate of drug-likeness (QED) is 0.315. The maximum Gasteiger partial charge on any atom is 0.416 e. The van der Waals surface area contributed by atoms with Crippen LogP contribution in [0.5, 0.6) is 5.75 Å². The number of hydrogen-bond donors (Lipinski definition) is 2. The van der Waals surface area contributed by atoms with Crippen molar-refractivity contribution < 1.29 is 32.2 Å². The van der Waals surface area contributed by atoms with Crippen molar-refractivity contribution in [1.29, 1.82) is 0 Å². The van der Waals surface area contributed by atoms with Gasteiger partial charge in [-0.1, -0.05) is 18.2 Å². The molecule has 0 aromatic heterocycles. The van der Waals surface area contributed by atoms with E-state index in [2.05, 4.69) is 25.3 Å². The third kappa shape index (κ3) is 8.25. The number of amides is 2. The number of carbonyl (C=O) groups is 2. The lowest BCUT2D eigenvalue weighted by molar-refractivity contribution is -0.137. The van der Waals surface area contributed by atoms with Crippen molar-refractivity contribution in [2.75, 3.05) is 87.8 Å². The molecule has 2 aliphatic rings. The Hall–Kier alpha value is -4.29. The Bertz CT molecular complexity index is 1470. The highest BCUT2D eigenvalue weighted by Gasteiger charge is 2.31. The van der Waals surface area contributed by atoms with Gasteiger partial charge in [0.15, 0.2) is 0 Å². The summed E-state index contributed by atoms with van der Waals surface area (Å²) in [6, 6.07) is 17.1. The van der Waals surface area contributed by atoms with Crippen LogP contribution in [0, 0.1) is 0 Å². The van der Waals surface area contributed by atoms with Gasteiger partial charge >= 0.3 is 6.18 Å². The summed E-state index contributed by atoms with van der Waals surface area (Å²) in [5.41, 5.74) is 1.38. The van der Waals surface area contributed by atoms with Crippen LogP contribution < -0.4 is 25.2 Å². The number of morpholine rings is 1. The van der Waals surface area contributed by atoms with Crippen molar-refractivity contribution in [2.24, 2.45) is 0 Å². The topological polar surface area (TPSA) is 86.4 Å². The van der Waals surface area contributed by atoms with Crippen molar-refractivity contribution in [3.8, 4) is 5.75 Å². The molecule has 5 rings (SSSR count). The van der Waals surface area contributed by atoms with E-state index in [4.69, 9.17) is 9.47 Å². The fourth-order valence-corrected chi connectivity index (χ4v) is 5.62. The van der Waals surface area contributed by atoms with Crippen molar-refractivity contribution in [3.05, 3.63) is 83.4 Å². The summed E-state index contributed by atoms with van der Waals surface area (Å²) in [5, 5.41) is 5.68. The molecule has 2 heterocycles. The summed E-state index contributed by atoms with van der Waals surface area (Å²) < 4.78 is 50.6. The molecule has 2 saturated heterocycles. The smallest absolute Gasteiger partial charge is 0.416 e. The molecule has 3 aromatic rings. The van der Waals surface area contributed by atoms with Gasteiger partial charge in [-0.2, -0.15) is 13.2 Å². The fraction of sp³-hybridized carbons (Fsp3) is 0.394. The van der Waals surface area contributed by atoms with Gasteiger partial charge in [0.05, 0.1) is 37.1 Å². The molecule has 0 atom stereocenters. The second-order valence-corrected chi connectivity index (χ2v) is 11.0. The SMILES string of the molecule is COc1ccccc1N1CCN(c2ccc(NC(=O)c3cccc(C(F)(F)F)c3)cc2C(=O)NCCCN2CCOCC2)CC1. The van der Waals surface area contributed by atoms with E-state index >= 15 is 0 Å². The minimum atomic E-state index is -4.57. The molecular weight excluding hydrogens is 587 g/mol. The van der Waals surface area contributed by atoms with E-state index in [9.17, 15) is 22.8 Å². The zero-order valence-electron chi connectivity index (χ0n) is 25.2. The summed E-state index contributed by atoms with van der Waals surface area (Å²) in [6.45, 7) is 7.16. The van der Waals surface area contributed by atoms with Crippen LogP contribution >= 0.6 is 0 Å². The average Bonchev–Trinajstić information content (AvgIpc) is 3.07. The Morgan fingerprint density at radius 3 is 2.27 bits per heavy atom. The molecule has 240 valence electrons. The number of benzene rings is 3. The first-order chi connectivity index (χ1) is 21.7. The van der Waals surface area contributed by atoms with Gasteiger partial charge in [0.1, 0.15) is 5.75 Å². The molecule has 2 fully saturated rings. The monoisotopic (exact) mass is 625 g/mol. The van der Waals surface area contributed by atoms with Gasteiger partial charge in [-0.3, -0.25) is 14.5 Å². The van der Waals surface area contributed by atoms with Crippen LogP contribution in [0.25, 0.3) is 0 Å². The van der Waals surface area contributed by atoms with Crippen LogP contribution in [0.2, 0.25) is 0 Å². The first-order valence-corrected chi connectivity index (χ1v) is 15.1. The number of rotatable bonds is 10. The number of ether oxygens (including phenoxy) is 2. The summed E-state index contributed by atoms with van der Waals surface area (Å²) >= 11 is 0. The molecule has 3 aromatic carbocycles. The Morgan fingerprint density at radius 2 is 1.56 bits per heavy atom. The Kier molecular flexibility index (Phi) is 10.5. The lowest BCUT2D eigenvalue weighted by Gasteiger charge is -2.38. The molecule has 2 amide bonds. The largest absolute Gasteiger partial charge is 0.495 e. The van der Waals surface area contributed by atoms with Gasteiger partial charge in [-0.25, -0.2) is 0 Å². The zero-order valence-corrected chi connectivity index (χ0v) is 25.2. The fourth-order valence-electron chi connectivity index (χ4n) is 5.62. The van der Waals surface area contributed by atoms with Gasteiger partial charge in [0.2, 0.25) is 0 Å². The number of anilines is 3. The molecule has 45 heavy (non-hydrogen) atoms. The van der Waals surface area contributed by atoms with Gasteiger partial charge < -0.3 is 29.9 Å². The minimum absolute atomic E-state index is 0.129. The molecule has 0 aliphatic carbocycles. The Balaban J connectivity index is 1.31. The van der Waals surface area contributed by atoms with Crippen LogP contribution in [0.15, 0.2) is 66.7 Å². The van der Waals surface area contributed by atoms with Crippen LogP contribution in [-0.4, -0.2) is 89.4 Å². The molecule has 0 spiro atoms. The molecule has 2 aliphatic heterocycles. The minimum Gasteiger partial charge on any atom is -0.495 e. The van der Waals surface area contributed by atoms with Crippen LogP contribution in [0.1, 0.15) is 32.7 Å². The Labute approximate surface area is 260 Å². The number of carbonyl (C=O) groups excluding carboxylic acids is 2. The maximum absolute atomic E-state index is 13.6. The third-order valence-corrected chi connectivity index (χ3v) is 8.04. The second kappa shape index (κ2) is 14.7. The molecular formula is C33H38F3N5O4. The number of nitrogens with zero attached hydrogens (tertiary/aromatic N) is 3. The normalized spacial score (nSPS) is 15.9. The van der Waals surface area contributed by atoms with E-state index in [1.807, 2.05) is 24.3 Å². The molecule has 0 radical (unpaired) electrons. The number of methoxy groups -OCH3 is 1. The predicted molar refractivity (Wildman–Crippen MR) is 167 cm³/mol. The predicted octanol–water partition coefficient (Wildman–Crippen LogP) is 4.75. The van der Waals surface area contributed by atoms with Crippen molar-refractivity contribution >= 4 is 28.9 Å². The summed E-state index contributed by atoms with van der Waals surface area (Å²) in [4.78, 5) is 33.2. The van der Waals surface area contributed by atoms with Gasteiger partial charge in [-0.05, 0) is 61.5 Å². The van der Waals surface area contributed by atoms with Crippen molar-refractivity contribution in [2.45, 2.75) is 12.6 Å².